The molecular formula is C23H29N3O5. The SMILES string of the molecule is CCOC(=O)CN(C(=O)[C@@H](NC(=O)OCc1ccccc1)C(C)C)c1ncccc1C. The lowest BCUT2D eigenvalue weighted by Crippen LogP contribution is -2.53. The van der Waals surface area contributed by atoms with Crippen molar-refractivity contribution in [1.82, 2.24) is 10.3 Å². The predicted molar refractivity (Wildman–Crippen MR) is 116 cm³/mol. The highest BCUT2D eigenvalue weighted by Crippen LogP contribution is 2.19. The summed E-state index contributed by atoms with van der Waals surface area (Å²) in [4.78, 5) is 43.4. The van der Waals surface area contributed by atoms with Gasteiger partial charge < -0.3 is 14.8 Å². The van der Waals surface area contributed by atoms with Crippen molar-refractivity contribution in [1.29, 1.82) is 0 Å². The third kappa shape index (κ3) is 7.09. The van der Waals surface area contributed by atoms with Crippen molar-refractivity contribution in [2.45, 2.75) is 40.3 Å². The van der Waals surface area contributed by atoms with Crippen molar-refractivity contribution in [3.8, 4) is 0 Å². The van der Waals surface area contributed by atoms with Gasteiger partial charge in [-0.25, -0.2) is 9.78 Å². The maximum Gasteiger partial charge on any atom is 0.408 e. The number of alkyl carbamates (subject to hydrolysis) is 1. The van der Waals surface area contributed by atoms with Crippen LogP contribution in [0.1, 0.15) is 31.9 Å². The zero-order valence-electron chi connectivity index (χ0n) is 18.3. The van der Waals surface area contributed by atoms with Crippen molar-refractivity contribution in [2.75, 3.05) is 18.1 Å². The number of anilines is 1. The molecule has 0 aliphatic rings. The zero-order chi connectivity index (χ0) is 22.8. The maximum atomic E-state index is 13.4. The summed E-state index contributed by atoms with van der Waals surface area (Å²) in [6.07, 6.45) is 0.824. The molecule has 0 radical (unpaired) electrons. The molecule has 2 amide bonds. The van der Waals surface area contributed by atoms with Gasteiger partial charge in [0.15, 0.2) is 0 Å². The topological polar surface area (TPSA) is 97.8 Å². The van der Waals surface area contributed by atoms with Gasteiger partial charge in [-0.05, 0) is 37.0 Å². The number of aromatic nitrogens is 1. The molecule has 31 heavy (non-hydrogen) atoms. The first-order chi connectivity index (χ1) is 14.8. The second-order valence-corrected chi connectivity index (χ2v) is 7.30. The minimum absolute atomic E-state index is 0.0809. The van der Waals surface area contributed by atoms with E-state index in [1.807, 2.05) is 30.3 Å². The van der Waals surface area contributed by atoms with Crippen LogP contribution < -0.4 is 10.2 Å². The number of pyridine rings is 1. The number of carbonyl (C=O) groups excluding carboxylic acids is 3. The summed E-state index contributed by atoms with van der Waals surface area (Å²) in [6.45, 7) is 7.05. The summed E-state index contributed by atoms with van der Waals surface area (Å²) in [7, 11) is 0. The molecular weight excluding hydrogens is 398 g/mol. The Morgan fingerprint density at radius 2 is 1.77 bits per heavy atom. The molecule has 2 rings (SSSR count). The third-order valence-corrected chi connectivity index (χ3v) is 4.51. The van der Waals surface area contributed by atoms with Gasteiger partial charge in [-0.2, -0.15) is 0 Å². The monoisotopic (exact) mass is 427 g/mol. The molecule has 0 aliphatic heterocycles. The summed E-state index contributed by atoms with van der Waals surface area (Å²) < 4.78 is 10.3. The first kappa shape index (κ1) is 23.9. The Kier molecular flexibility index (Phi) is 8.99. The van der Waals surface area contributed by atoms with Gasteiger partial charge in [0.25, 0.3) is 5.91 Å². The third-order valence-electron chi connectivity index (χ3n) is 4.51. The van der Waals surface area contributed by atoms with Crippen molar-refractivity contribution in [3.05, 3.63) is 59.8 Å². The van der Waals surface area contributed by atoms with Crippen LogP contribution in [0.3, 0.4) is 0 Å². The lowest BCUT2D eigenvalue weighted by molar-refractivity contribution is -0.142. The molecule has 1 heterocycles. The smallest absolute Gasteiger partial charge is 0.408 e. The van der Waals surface area contributed by atoms with Crippen LogP contribution in [0.15, 0.2) is 48.7 Å². The van der Waals surface area contributed by atoms with E-state index in [1.165, 1.54) is 4.90 Å². The van der Waals surface area contributed by atoms with E-state index < -0.39 is 24.0 Å². The van der Waals surface area contributed by atoms with Gasteiger partial charge in [-0.1, -0.05) is 50.2 Å². The van der Waals surface area contributed by atoms with E-state index in [0.717, 1.165) is 5.56 Å². The van der Waals surface area contributed by atoms with Gasteiger partial charge in [0.05, 0.1) is 6.61 Å². The van der Waals surface area contributed by atoms with Crippen molar-refractivity contribution < 1.29 is 23.9 Å². The maximum absolute atomic E-state index is 13.4. The van der Waals surface area contributed by atoms with Gasteiger partial charge in [0.2, 0.25) is 0 Å². The van der Waals surface area contributed by atoms with Crippen LogP contribution in [-0.4, -0.2) is 42.1 Å². The van der Waals surface area contributed by atoms with E-state index in [-0.39, 0.29) is 25.7 Å². The Morgan fingerprint density at radius 3 is 2.39 bits per heavy atom. The molecule has 0 saturated carbocycles. The Labute approximate surface area is 182 Å². The molecule has 2 aromatic rings. The number of nitrogens with zero attached hydrogens (tertiary/aromatic N) is 2. The van der Waals surface area contributed by atoms with E-state index in [2.05, 4.69) is 10.3 Å². The predicted octanol–water partition coefficient (Wildman–Crippen LogP) is 3.24. The molecule has 1 aromatic carbocycles. The van der Waals surface area contributed by atoms with Gasteiger partial charge in [-0.3, -0.25) is 14.5 Å². The van der Waals surface area contributed by atoms with E-state index >= 15 is 0 Å². The van der Waals surface area contributed by atoms with E-state index in [4.69, 9.17) is 9.47 Å². The number of ether oxygens (including phenoxy) is 2. The molecule has 0 unspecified atom stereocenters. The number of hydrogen-bond donors (Lipinski definition) is 1. The zero-order valence-corrected chi connectivity index (χ0v) is 18.3. The van der Waals surface area contributed by atoms with Gasteiger partial charge in [0, 0.05) is 6.20 Å². The molecule has 8 heteroatoms. The largest absolute Gasteiger partial charge is 0.465 e. The normalized spacial score (nSPS) is 11.5. The van der Waals surface area contributed by atoms with Crippen molar-refractivity contribution in [3.63, 3.8) is 0 Å². The number of rotatable bonds is 9. The molecule has 1 aromatic heterocycles. The van der Waals surface area contributed by atoms with Gasteiger partial charge in [0.1, 0.15) is 25.0 Å². The molecule has 0 saturated heterocycles. The summed E-state index contributed by atoms with van der Waals surface area (Å²) in [5.74, 6) is -0.951. The minimum atomic E-state index is -0.917. The van der Waals surface area contributed by atoms with E-state index in [9.17, 15) is 14.4 Å². The van der Waals surface area contributed by atoms with Crippen molar-refractivity contribution >= 4 is 23.8 Å². The highest BCUT2D eigenvalue weighted by molar-refractivity contribution is 6.01. The van der Waals surface area contributed by atoms with E-state index in [0.29, 0.717) is 11.4 Å². The summed E-state index contributed by atoms with van der Waals surface area (Å²) in [5.41, 5.74) is 1.55. The van der Waals surface area contributed by atoms with Gasteiger partial charge >= 0.3 is 12.1 Å². The fourth-order valence-electron chi connectivity index (χ4n) is 2.93. The summed E-state index contributed by atoms with van der Waals surface area (Å²) >= 11 is 0. The van der Waals surface area contributed by atoms with Crippen LogP contribution in [0.2, 0.25) is 0 Å². The van der Waals surface area contributed by atoms with Crippen LogP contribution in [0.25, 0.3) is 0 Å². The second-order valence-electron chi connectivity index (χ2n) is 7.30. The number of aryl methyl sites for hydroxylation is 1. The number of hydrogen-bond acceptors (Lipinski definition) is 6. The Hall–Kier alpha value is -3.42. The number of amides is 2. The van der Waals surface area contributed by atoms with Crippen LogP contribution in [0, 0.1) is 12.8 Å². The average Bonchev–Trinajstić information content (AvgIpc) is 2.75. The van der Waals surface area contributed by atoms with Crippen molar-refractivity contribution in [2.24, 2.45) is 5.92 Å². The average molecular weight is 428 g/mol. The highest BCUT2D eigenvalue weighted by Gasteiger charge is 2.32. The lowest BCUT2D eigenvalue weighted by atomic mass is 10.0. The Bertz CT molecular complexity index is 886. The summed E-state index contributed by atoms with van der Waals surface area (Å²) in [6, 6.07) is 11.9. The first-order valence-corrected chi connectivity index (χ1v) is 10.2. The molecule has 0 fully saturated rings. The Morgan fingerprint density at radius 1 is 1.06 bits per heavy atom. The lowest BCUT2D eigenvalue weighted by Gasteiger charge is -2.29. The van der Waals surface area contributed by atoms with E-state index in [1.54, 1.807) is 46.0 Å². The van der Waals surface area contributed by atoms with Crippen LogP contribution in [0.5, 0.6) is 0 Å². The number of esters is 1. The molecule has 166 valence electrons. The number of nitrogens with one attached hydrogen (secondary N) is 1. The van der Waals surface area contributed by atoms with Crippen LogP contribution in [-0.2, 0) is 25.7 Å². The minimum Gasteiger partial charge on any atom is -0.465 e. The first-order valence-electron chi connectivity index (χ1n) is 10.2. The quantitative estimate of drug-likeness (QED) is 0.617. The van der Waals surface area contributed by atoms with Crippen LogP contribution >= 0.6 is 0 Å². The fraction of sp³-hybridized carbons (Fsp3) is 0.391. The fourth-order valence-corrected chi connectivity index (χ4v) is 2.93. The molecule has 0 aliphatic carbocycles. The standard InChI is InChI=1S/C23H29N3O5/c1-5-30-19(27)14-26(21-17(4)10-9-13-24-21)22(28)20(16(2)3)25-23(29)31-15-18-11-7-6-8-12-18/h6-13,16,20H,5,14-15H2,1-4H3,(H,25,29)/t20-/m0/s1. The highest BCUT2D eigenvalue weighted by atomic mass is 16.5. The summed E-state index contributed by atoms with van der Waals surface area (Å²) in [5, 5.41) is 2.63. The molecule has 1 atom stereocenters. The molecule has 8 nitrogen and oxygen atoms in total. The Balaban J connectivity index is 2.18. The van der Waals surface area contributed by atoms with Crippen LogP contribution in [0.4, 0.5) is 10.6 Å². The second kappa shape index (κ2) is 11.7. The van der Waals surface area contributed by atoms with Gasteiger partial charge in [-0.15, -0.1) is 0 Å². The molecule has 0 bridgehead atoms. The number of carbonyl (C=O) groups is 3. The number of benzene rings is 1. The molecule has 1 N–H and O–H groups in total. The molecule has 0 spiro atoms.